The van der Waals surface area contributed by atoms with Gasteiger partial charge in [0.25, 0.3) is 0 Å². The van der Waals surface area contributed by atoms with Gasteiger partial charge in [0.2, 0.25) is 11.8 Å². The van der Waals surface area contributed by atoms with Crippen LogP contribution in [0.15, 0.2) is 48.5 Å². The Hall–Kier alpha value is -2.66. The van der Waals surface area contributed by atoms with Gasteiger partial charge in [0.05, 0.1) is 6.54 Å². The second kappa shape index (κ2) is 8.10. The average molecular weight is 311 g/mol. The van der Waals surface area contributed by atoms with E-state index in [4.69, 9.17) is 5.73 Å². The van der Waals surface area contributed by atoms with E-state index in [0.717, 1.165) is 11.1 Å². The van der Waals surface area contributed by atoms with Crippen LogP contribution < -0.4 is 16.4 Å². The van der Waals surface area contributed by atoms with E-state index in [1.54, 1.807) is 12.1 Å². The SMILES string of the molecule is Cc1ccc(NC(=O)CN)cc1NC(=O)CCc1ccccc1. The lowest BCUT2D eigenvalue weighted by Crippen LogP contribution is -2.22. The van der Waals surface area contributed by atoms with Crippen LogP contribution in [0.5, 0.6) is 0 Å². The number of anilines is 2. The summed E-state index contributed by atoms with van der Waals surface area (Å²) in [5, 5.41) is 5.57. The van der Waals surface area contributed by atoms with Crippen LogP contribution >= 0.6 is 0 Å². The fourth-order valence-corrected chi connectivity index (χ4v) is 2.16. The minimum atomic E-state index is -0.268. The van der Waals surface area contributed by atoms with Crippen LogP contribution in [0.3, 0.4) is 0 Å². The second-order valence-corrected chi connectivity index (χ2v) is 5.32. The van der Waals surface area contributed by atoms with Gasteiger partial charge in [-0.15, -0.1) is 0 Å². The molecule has 0 aliphatic carbocycles. The van der Waals surface area contributed by atoms with Gasteiger partial charge in [-0.2, -0.15) is 0 Å². The number of nitrogens with two attached hydrogens (primary N) is 1. The highest BCUT2D eigenvalue weighted by atomic mass is 16.2. The van der Waals surface area contributed by atoms with Crippen LogP contribution in [-0.4, -0.2) is 18.4 Å². The van der Waals surface area contributed by atoms with E-state index in [2.05, 4.69) is 10.6 Å². The number of amides is 2. The quantitative estimate of drug-likeness (QED) is 0.766. The molecule has 2 amide bonds. The highest BCUT2D eigenvalue weighted by Gasteiger charge is 2.07. The molecule has 2 rings (SSSR count). The molecule has 0 spiro atoms. The van der Waals surface area contributed by atoms with Gasteiger partial charge in [-0.05, 0) is 36.6 Å². The highest BCUT2D eigenvalue weighted by molar-refractivity contribution is 5.95. The van der Waals surface area contributed by atoms with Crippen molar-refractivity contribution < 1.29 is 9.59 Å². The molecule has 0 saturated heterocycles. The molecule has 5 nitrogen and oxygen atoms in total. The number of benzene rings is 2. The molecule has 120 valence electrons. The summed E-state index contributed by atoms with van der Waals surface area (Å²) in [5.74, 6) is -0.325. The summed E-state index contributed by atoms with van der Waals surface area (Å²) in [6, 6.07) is 15.2. The van der Waals surface area contributed by atoms with Crippen LogP contribution in [0.4, 0.5) is 11.4 Å². The van der Waals surface area contributed by atoms with Crippen molar-refractivity contribution in [2.45, 2.75) is 19.8 Å². The maximum atomic E-state index is 12.1. The van der Waals surface area contributed by atoms with E-state index >= 15 is 0 Å². The molecule has 0 unspecified atom stereocenters. The van der Waals surface area contributed by atoms with Crippen LogP contribution in [0.25, 0.3) is 0 Å². The molecule has 0 aliphatic rings. The number of hydrogen-bond donors (Lipinski definition) is 3. The fraction of sp³-hybridized carbons (Fsp3) is 0.222. The molecule has 5 heteroatoms. The van der Waals surface area contributed by atoms with E-state index < -0.39 is 0 Å². The molecule has 0 bridgehead atoms. The lowest BCUT2D eigenvalue weighted by atomic mass is 10.1. The van der Waals surface area contributed by atoms with E-state index in [1.807, 2.05) is 43.3 Å². The van der Waals surface area contributed by atoms with Crippen LogP contribution in [0, 0.1) is 6.92 Å². The van der Waals surface area contributed by atoms with Gasteiger partial charge in [-0.3, -0.25) is 9.59 Å². The maximum absolute atomic E-state index is 12.1. The van der Waals surface area contributed by atoms with Crippen molar-refractivity contribution in [2.24, 2.45) is 5.73 Å². The van der Waals surface area contributed by atoms with Crippen molar-refractivity contribution in [1.82, 2.24) is 0 Å². The Morgan fingerprint density at radius 3 is 2.43 bits per heavy atom. The minimum absolute atomic E-state index is 0.0562. The predicted octanol–water partition coefficient (Wildman–Crippen LogP) is 2.46. The maximum Gasteiger partial charge on any atom is 0.238 e. The van der Waals surface area contributed by atoms with Crippen molar-refractivity contribution in [1.29, 1.82) is 0 Å². The predicted molar refractivity (Wildman–Crippen MR) is 92.3 cm³/mol. The zero-order valence-corrected chi connectivity index (χ0v) is 13.1. The summed E-state index contributed by atoms with van der Waals surface area (Å²) in [6.45, 7) is 1.83. The van der Waals surface area contributed by atoms with Crippen LogP contribution in [-0.2, 0) is 16.0 Å². The summed E-state index contributed by atoms with van der Waals surface area (Å²) in [4.78, 5) is 23.4. The first-order chi connectivity index (χ1) is 11.1. The van der Waals surface area contributed by atoms with Crippen molar-refractivity contribution in [3.63, 3.8) is 0 Å². The lowest BCUT2D eigenvalue weighted by Gasteiger charge is -2.11. The Morgan fingerprint density at radius 2 is 1.74 bits per heavy atom. The van der Waals surface area contributed by atoms with Crippen molar-refractivity contribution in [3.05, 3.63) is 59.7 Å². The largest absolute Gasteiger partial charge is 0.326 e. The fourth-order valence-electron chi connectivity index (χ4n) is 2.16. The van der Waals surface area contributed by atoms with Gasteiger partial charge in [-0.1, -0.05) is 36.4 Å². The molecule has 0 radical (unpaired) electrons. The summed E-state index contributed by atoms with van der Waals surface area (Å²) in [5.41, 5.74) is 8.65. The summed E-state index contributed by atoms with van der Waals surface area (Å²) < 4.78 is 0. The van der Waals surface area contributed by atoms with Crippen molar-refractivity contribution in [2.75, 3.05) is 17.2 Å². The van der Waals surface area contributed by atoms with E-state index in [0.29, 0.717) is 24.2 Å². The van der Waals surface area contributed by atoms with Gasteiger partial charge in [0, 0.05) is 17.8 Å². The van der Waals surface area contributed by atoms with E-state index in [9.17, 15) is 9.59 Å². The molecule has 0 aromatic heterocycles. The third kappa shape index (κ3) is 5.23. The topological polar surface area (TPSA) is 84.2 Å². The zero-order valence-electron chi connectivity index (χ0n) is 13.1. The number of carbonyl (C=O) groups excluding carboxylic acids is 2. The Bertz CT molecular complexity index is 684. The van der Waals surface area contributed by atoms with Gasteiger partial charge >= 0.3 is 0 Å². The molecule has 2 aromatic rings. The van der Waals surface area contributed by atoms with Gasteiger partial charge in [-0.25, -0.2) is 0 Å². The normalized spacial score (nSPS) is 10.2. The average Bonchev–Trinajstić information content (AvgIpc) is 2.57. The number of aryl methyl sites for hydroxylation is 2. The number of rotatable bonds is 6. The number of hydrogen-bond acceptors (Lipinski definition) is 3. The van der Waals surface area contributed by atoms with Gasteiger partial charge < -0.3 is 16.4 Å². The minimum Gasteiger partial charge on any atom is -0.326 e. The van der Waals surface area contributed by atoms with Gasteiger partial charge in [0.1, 0.15) is 0 Å². The standard InChI is InChI=1S/C18H21N3O2/c1-13-7-9-15(20-18(23)12-19)11-16(13)21-17(22)10-8-14-5-3-2-4-6-14/h2-7,9,11H,8,10,12,19H2,1H3,(H,20,23)(H,21,22). The Balaban J connectivity index is 1.96. The Labute approximate surface area is 135 Å². The van der Waals surface area contributed by atoms with Crippen LogP contribution in [0.1, 0.15) is 17.5 Å². The van der Waals surface area contributed by atoms with E-state index in [-0.39, 0.29) is 18.4 Å². The van der Waals surface area contributed by atoms with Gasteiger partial charge in [0.15, 0.2) is 0 Å². The first-order valence-corrected chi connectivity index (χ1v) is 7.53. The van der Waals surface area contributed by atoms with Crippen molar-refractivity contribution in [3.8, 4) is 0 Å². The summed E-state index contributed by atoms with van der Waals surface area (Å²) in [6.07, 6.45) is 1.10. The summed E-state index contributed by atoms with van der Waals surface area (Å²) in [7, 11) is 0. The van der Waals surface area contributed by atoms with Crippen LogP contribution in [0.2, 0.25) is 0 Å². The molecule has 0 atom stereocenters. The molecular formula is C18H21N3O2. The third-order valence-corrected chi connectivity index (χ3v) is 3.46. The first-order valence-electron chi connectivity index (χ1n) is 7.53. The molecular weight excluding hydrogens is 290 g/mol. The number of carbonyl (C=O) groups is 2. The highest BCUT2D eigenvalue weighted by Crippen LogP contribution is 2.20. The third-order valence-electron chi connectivity index (χ3n) is 3.46. The summed E-state index contributed by atoms with van der Waals surface area (Å²) >= 11 is 0. The number of nitrogens with one attached hydrogen (secondary N) is 2. The van der Waals surface area contributed by atoms with E-state index in [1.165, 1.54) is 0 Å². The Morgan fingerprint density at radius 1 is 1.00 bits per heavy atom. The molecule has 0 fully saturated rings. The molecule has 0 saturated carbocycles. The monoisotopic (exact) mass is 311 g/mol. The molecule has 0 aliphatic heterocycles. The molecule has 2 aromatic carbocycles. The molecule has 0 heterocycles. The lowest BCUT2D eigenvalue weighted by molar-refractivity contribution is -0.116. The Kier molecular flexibility index (Phi) is 5.88. The smallest absolute Gasteiger partial charge is 0.238 e. The van der Waals surface area contributed by atoms with Crippen molar-refractivity contribution >= 4 is 23.2 Å². The molecule has 23 heavy (non-hydrogen) atoms. The second-order valence-electron chi connectivity index (χ2n) is 5.32. The molecule has 4 N–H and O–H groups in total. The first kappa shape index (κ1) is 16.7. The zero-order chi connectivity index (χ0) is 16.7.